The van der Waals surface area contributed by atoms with Gasteiger partial charge in [-0.3, -0.25) is 29.3 Å². The van der Waals surface area contributed by atoms with Crippen molar-refractivity contribution in [1.82, 2.24) is 0 Å². The lowest BCUT2D eigenvalue weighted by atomic mass is 9.51. The lowest BCUT2D eigenvalue weighted by Gasteiger charge is -2.49. The molecule has 46 heavy (non-hydrogen) atoms. The van der Waals surface area contributed by atoms with E-state index in [0.29, 0.717) is 5.57 Å². The fraction of sp³-hybridized carbons (Fsp3) is 0.273. The van der Waals surface area contributed by atoms with Gasteiger partial charge in [0.25, 0.3) is 5.69 Å². The molecule has 4 amide bonds. The molecule has 1 N–H and O–H groups in total. The van der Waals surface area contributed by atoms with Crippen molar-refractivity contribution < 1.29 is 38.0 Å². The molecule has 7 rings (SSSR count). The minimum absolute atomic E-state index is 0.0260. The molecule has 0 spiro atoms. The number of carbonyl (C=O) groups is 4. The van der Waals surface area contributed by atoms with E-state index < -0.39 is 80.9 Å². The molecule has 4 aliphatic rings. The molecule has 1 saturated carbocycles. The minimum atomic E-state index is -1.58. The Morgan fingerprint density at radius 2 is 1.63 bits per heavy atom. The van der Waals surface area contributed by atoms with Crippen molar-refractivity contribution in [2.24, 2.45) is 29.1 Å². The van der Waals surface area contributed by atoms with Crippen LogP contribution in [-0.2, 0) is 19.2 Å². The molecule has 2 heterocycles. The third-order valence-electron chi connectivity index (χ3n) is 10.1. The number of fused-ring (bicyclic) bond motifs is 4. The van der Waals surface area contributed by atoms with Gasteiger partial charge < -0.3 is 5.11 Å². The number of halogens is 3. The molecule has 2 aliphatic carbocycles. The number of benzene rings is 3. The van der Waals surface area contributed by atoms with Gasteiger partial charge in [-0.05, 0) is 56.0 Å². The molecule has 3 fully saturated rings. The summed E-state index contributed by atoms with van der Waals surface area (Å²) in [6, 6.07) is 12.5. The average Bonchev–Trinajstić information content (AvgIpc) is 3.40. The predicted octanol–water partition coefficient (Wildman–Crippen LogP) is 5.67. The van der Waals surface area contributed by atoms with Crippen LogP contribution in [0.4, 0.5) is 25.8 Å². The van der Waals surface area contributed by atoms with Gasteiger partial charge in [-0.15, -0.1) is 0 Å². The van der Waals surface area contributed by atoms with E-state index in [2.05, 4.69) is 0 Å². The number of anilines is 2. The summed E-state index contributed by atoms with van der Waals surface area (Å²) < 4.78 is 28.9. The highest BCUT2D eigenvalue weighted by molar-refractivity contribution is 6.32. The van der Waals surface area contributed by atoms with Crippen LogP contribution in [0, 0.1) is 50.8 Å². The number of nitro groups is 1. The minimum Gasteiger partial charge on any atom is -0.505 e. The largest absolute Gasteiger partial charge is 0.505 e. The van der Waals surface area contributed by atoms with Crippen molar-refractivity contribution in [3.63, 3.8) is 0 Å². The van der Waals surface area contributed by atoms with Crippen LogP contribution in [0.3, 0.4) is 0 Å². The van der Waals surface area contributed by atoms with Crippen LogP contribution in [0.1, 0.15) is 31.2 Å². The first-order chi connectivity index (χ1) is 21.9. The zero-order valence-electron chi connectivity index (χ0n) is 24.0. The Hall–Kier alpha value is -4.97. The lowest BCUT2D eigenvalue weighted by Crippen LogP contribution is -2.49. The number of hydrogen-bond acceptors (Lipinski definition) is 7. The van der Waals surface area contributed by atoms with Gasteiger partial charge in [-0.2, -0.15) is 0 Å². The Balaban J connectivity index is 1.37. The maximum atomic E-state index is 14.8. The van der Waals surface area contributed by atoms with Gasteiger partial charge in [0, 0.05) is 23.6 Å². The molecule has 2 aliphatic heterocycles. The van der Waals surface area contributed by atoms with Crippen LogP contribution in [0.5, 0.6) is 5.75 Å². The Bertz CT molecular complexity index is 1950. The standard InChI is InChI=1S/C33H24ClF2N3O7/c1-33-22(30(42)38(32(33)44)16-8-11-24(35)23(34)13-16)14-21-18(27(33)20-6-3-7-25(36)28(20)40)9-10-19-26(21)31(43)37(29(19)41)15-4-2-5-17(12-15)39(45)46/h2-9,11-13,19,21-22,26-27,40H,10,14H2,1H3/t19-,21+,22-,26-,27+,33+/m0/s1. The molecule has 2 saturated heterocycles. The summed E-state index contributed by atoms with van der Waals surface area (Å²) in [5.41, 5.74) is -1.29. The van der Waals surface area contributed by atoms with E-state index in [1.54, 1.807) is 13.0 Å². The van der Waals surface area contributed by atoms with Crippen LogP contribution in [0.15, 0.2) is 72.3 Å². The molecule has 13 heteroatoms. The molecule has 6 atom stereocenters. The van der Waals surface area contributed by atoms with E-state index >= 15 is 0 Å². The first kappa shape index (κ1) is 29.7. The van der Waals surface area contributed by atoms with Crippen LogP contribution in [0.25, 0.3) is 0 Å². The zero-order chi connectivity index (χ0) is 32.8. The van der Waals surface area contributed by atoms with Gasteiger partial charge in [0.15, 0.2) is 11.6 Å². The highest BCUT2D eigenvalue weighted by Gasteiger charge is 2.68. The van der Waals surface area contributed by atoms with Crippen molar-refractivity contribution in [2.75, 3.05) is 9.80 Å². The molecular formula is C33H24ClF2N3O7. The number of allylic oxidation sites excluding steroid dienone is 2. The van der Waals surface area contributed by atoms with E-state index in [1.165, 1.54) is 36.4 Å². The number of imide groups is 2. The maximum Gasteiger partial charge on any atom is 0.271 e. The predicted molar refractivity (Wildman–Crippen MR) is 160 cm³/mol. The van der Waals surface area contributed by atoms with Gasteiger partial charge in [-0.1, -0.05) is 41.4 Å². The fourth-order valence-corrected chi connectivity index (χ4v) is 8.17. The van der Waals surface area contributed by atoms with E-state index in [-0.39, 0.29) is 40.5 Å². The second-order valence-corrected chi connectivity index (χ2v) is 12.6. The van der Waals surface area contributed by atoms with Crippen molar-refractivity contribution in [3.8, 4) is 5.75 Å². The van der Waals surface area contributed by atoms with Crippen LogP contribution in [-0.4, -0.2) is 33.7 Å². The van der Waals surface area contributed by atoms with Gasteiger partial charge >= 0.3 is 0 Å². The quantitative estimate of drug-likeness (QED) is 0.167. The maximum absolute atomic E-state index is 14.8. The molecule has 0 unspecified atom stereocenters. The average molecular weight is 648 g/mol. The number of hydrogen-bond donors (Lipinski definition) is 1. The first-order valence-corrected chi connectivity index (χ1v) is 14.9. The number of nitrogens with zero attached hydrogens (tertiary/aromatic N) is 3. The Labute approximate surface area is 265 Å². The highest BCUT2D eigenvalue weighted by atomic mass is 35.5. The van der Waals surface area contributed by atoms with Gasteiger partial charge in [0.1, 0.15) is 5.82 Å². The van der Waals surface area contributed by atoms with Crippen molar-refractivity contribution in [1.29, 1.82) is 0 Å². The molecule has 0 bridgehead atoms. The SMILES string of the molecule is C[C@@]12C(=O)N(c3ccc(F)c(Cl)c3)C(=O)[C@@H]1C[C@@H]1C(=CC[C@@H]3C(=O)N(c4cccc([N+](=O)[O-])c4)C(=O)[C@@H]31)[C@@H]2c1cccc(F)c1O. The van der Waals surface area contributed by atoms with Crippen LogP contribution in [0.2, 0.25) is 5.02 Å². The highest BCUT2D eigenvalue weighted by Crippen LogP contribution is 2.64. The number of para-hydroxylation sites is 1. The summed E-state index contributed by atoms with van der Waals surface area (Å²) in [6.07, 6.45) is 1.76. The van der Waals surface area contributed by atoms with Crippen molar-refractivity contribution in [2.45, 2.75) is 25.7 Å². The molecule has 0 radical (unpaired) electrons. The number of carbonyl (C=O) groups excluding carboxylic acids is 4. The van der Waals surface area contributed by atoms with Crippen molar-refractivity contribution in [3.05, 3.63) is 105 Å². The zero-order valence-corrected chi connectivity index (χ0v) is 24.8. The number of phenolic OH excluding ortho intramolecular Hbond substituents is 1. The molecule has 234 valence electrons. The monoisotopic (exact) mass is 647 g/mol. The third-order valence-corrected chi connectivity index (χ3v) is 10.4. The van der Waals surface area contributed by atoms with Gasteiger partial charge in [-0.25, -0.2) is 18.6 Å². The lowest BCUT2D eigenvalue weighted by molar-refractivity contribution is -0.384. The van der Waals surface area contributed by atoms with Crippen LogP contribution >= 0.6 is 11.6 Å². The summed E-state index contributed by atoms with van der Waals surface area (Å²) in [5.74, 6) is -9.71. The Kier molecular flexibility index (Phi) is 6.64. The molecule has 10 nitrogen and oxygen atoms in total. The third kappa shape index (κ3) is 3.98. The topological polar surface area (TPSA) is 138 Å². The summed E-state index contributed by atoms with van der Waals surface area (Å²) >= 11 is 6.00. The normalized spacial score (nSPS) is 28.6. The Morgan fingerprint density at radius 1 is 0.913 bits per heavy atom. The Morgan fingerprint density at radius 3 is 2.35 bits per heavy atom. The van der Waals surface area contributed by atoms with Gasteiger partial charge in [0.05, 0.1) is 44.5 Å². The fourth-order valence-electron chi connectivity index (χ4n) is 7.99. The van der Waals surface area contributed by atoms with Gasteiger partial charge in [0.2, 0.25) is 23.6 Å². The van der Waals surface area contributed by atoms with E-state index in [9.17, 15) is 43.2 Å². The number of aromatic hydroxyl groups is 1. The first-order valence-electron chi connectivity index (χ1n) is 14.5. The summed E-state index contributed by atoms with van der Waals surface area (Å²) in [7, 11) is 0. The number of amides is 4. The van der Waals surface area contributed by atoms with Crippen LogP contribution < -0.4 is 9.80 Å². The molecular weight excluding hydrogens is 624 g/mol. The van der Waals surface area contributed by atoms with E-state index in [1.807, 2.05) is 0 Å². The number of nitro benzene ring substituents is 1. The molecule has 0 aromatic heterocycles. The second-order valence-electron chi connectivity index (χ2n) is 12.2. The van der Waals surface area contributed by atoms with Crippen molar-refractivity contribution >= 4 is 52.3 Å². The number of rotatable bonds is 4. The number of non-ortho nitro benzene ring substituents is 1. The molecule has 3 aromatic rings. The number of phenols is 1. The summed E-state index contributed by atoms with van der Waals surface area (Å²) in [5, 5.41) is 22.1. The van der Waals surface area contributed by atoms with E-state index in [0.717, 1.165) is 34.1 Å². The second kappa shape index (κ2) is 10.3. The smallest absolute Gasteiger partial charge is 0.271 e. The molecule has 3 aromatic carbocycles. The van der Waals surface area contributed by atoms with E-state index in [4.69, 9.17) is 11.6 Å². The summed E-state index contributed by atoms with van der Waals surface area (Å²) in [6.45, 7) is 1.55. The summed E-state index contributed by atoms with van der Waals surface area (Å²) in [4.78, 5) is 69.0.